The van der Waals surface area contributed by atoms with Gasteiger partial charge in [-0.25, -0.2) is 9.78 Å². The molecule has 0 radical (unpaired) electrons. The number of amides is 1. The number of rotatable bonds is 4. The van der Waals surface area contributed by atoms with Crippen molar-refractivity contribution < 1.29 is 14.3 Å². The number of fused-ring (bicyclic) bond motifs is 1. The van der Waals surface area contributed by atoms with Crippen molar-refractivity contribution in [1.82, 2.24) is 4.98 Å². The molecule has 3 rings (SSSR count). The van der Waals surface area contributed by atoms with E-state index in [2.05, 4.69) is 4.98 Å². The predicted octanol–water partition coefficient (Wildman–Crippen LogP) is 3.71. The van der Waals surface area contributed by atoms with Gasteiger partial charge in [0.1, 0.15) is 5.15 Å². The third kappa shape index (κ3) is 3.78. The lowest BCUT2D eigenvalue weighted by atomic mass is 10.1. The summed E-state index contributed by atoms with van der Waals surface area (Å²) in [5.41, 5.74) is 1.60. The molecule has 0 atom stereocenters. The van der Waals surface area contributed by atoms with Crippen LogP contribution >= 0.6 is 11.6 Å². The summed E-state index contributed by atoms with van der Waals surface area (Å²) in [7, 11) is 1.63. The Labute approximate surface area is 149 Å². The number of benzene rings is 2. The molecule has 1 aromatic heterocycles. The summed E-state index contributed by atoms with van der Waals surface area (Å²) >= 11 is 5.97. The third-order valence-corrected chi connectivity index (χ3v) is 3.94. The zero-order valence-corrected chi connectivity index (χ0v) is 14.2. The minimum atomic E-state index is -0.615. The topological polar surface area (TPSA) is 59.5 Å². The summed E-state index contributed by atoms with van der Waals surface area (Å²) in [6.07, 6.45) is 0. The Morgan fingerprint density at radius 2 is 1.76 bits per heavy atom. The summed E-state index contributed by atoms with van der Waals surface area (Å²) in [5.74, 6) is -0.945. The SMILES string of the molecule is CN(C(=O)COC(=O)c1cc(Cl)nc2ccccc12)c1ccccc1. The highest BCUT2D eigenvalue weighted by Crippen LogP contribution is 2.21. The lowest BCUT2D eigenvalue weighted by molar-refractivity contribution is -0.121. The highest BCUT2D eigenvalue weighted by atomic mass is 35.5. The van der Waals surface area contributed by atoms with Crippen LogP contribution in [0, 0.1) is 0 Å². The molecule has 1 amide bonds. The van der Waals surface area contributed by atoms with Crippen LogP contribution in [0.5, 0.6) is 0 Å². The number of hydrogen-bond donors (Lipinski definition) is 0. The van der Waals surface area contributed by atoms with Crippen LogP contribution in [0.15, 0.2) is 60.7 Å². The molecule has 25 heavy (non-hydrogen) atoms. The largest absolute Gasteiger partial charge is 0.452 e. The maximum absolute atomic E-state index is 12.4. The number of ether oxygens (including phenoxy) is 1. The summed E-state index contributed by atoms with van der Waals surface area (Å²) in [4.78, 5) is 30.2. The van der Waals surface area contributed by atoms with Crippen LogP contribution in [-0.4, -0.2) is 30.5 Å². The second-order valence-electron chi connectivity index (χ2n) is 5.37. The fourth-order valence-electron chi connectivity index (χ4n) is 2.41. The van der Waals surface area contributed by atoms with E-state index in [1.807, 2.05) is 18.2 Å². The molecule has 0 aliphatic carbocycles. The van der Waals surface area contributed by atoms with Gasteiger partial charge in [-0.2, -0.15) is 0 Å². The third-order valence-electron chi connectivity index (χ3n) is 3.75. The van der Waals surface area contributed by atoms with E-state index in [9.17, 15) is 9.59 Å². The van der Waals surface area contributed by atoms with Gasteiger partial charge in [0.2, 0.25) is 0 Å². The fraction of sp³-hybridized carbons (Fsp3) is 0.105. The Bertz CT molecular complexity index is 928. The van der Waals surface area contributed by atoms with Crippen molar-refractivity contribution in [3.63, 3.8) is 0 Å². The molecule has 0 aliphatic rings. The Morgan fingerprint density at radius 1 is 1.08 bits per heavy atom. The normalized spacial score (nSPS) is 10.5. The first-order valence-corrected chi connectivity index (χ1v) is 7.98. The van der Waals surface area contributed by atoms with Crippen LogP contribution in [0.3, 0.4) is 0 Å². The van der Waals surface area contributed by atoms with E-state index in [1.165, 1.54) is 11.0 Å². The number of likely N-dealkylation sites (N-methyl/N-ethyl adjacent to an activating group) is 1. The number of pyridine rings is 1. The number of esters is 1. The van der Waals surface area contributed by atoms with Gasteiger partial charge in [0.05, 0.1) is 11.1 Å². The smallest absolute Gasteiger partial charge is 0.339 e. The van der Waals surface area contributed by atoms with Crippen molar-refractivity contribution in [2.24, 2.45) is 0 Å². The molecule has 5 nitrogen and oxygen atoms in total. The molecule has 3 aromatic rings. The number of anilines is 1. The maximum Gasteiger partial charge on any atom is 0.339 e. The highest BCUT2D eigenvalue weighted by Gasteiger charge is 2.17. The van der Waals surface area contributed by atoms with Gasteiger partial charge >= 0.3 is 5.97 Å². The van der Waals surface area contributed by atoms with Crippen molar-refractivity contribution in [3.8, 4) is 0 Å². The van der Waals surface area contributed by atoms with E-state index in [1.54, 1.807) is 43.4 Å². The molecule has 1 heterocycles. The molecule has 126 valence electrons. The fourth-order valence-corrected chi connectivity index (χ4v) is 2.61. The van der Waals surface area contributed by atoms with Crippen LogP contribution in [-0.2, 0) is 9.53 Å². The van der Waals surface area contributed by atoms with Crippen LogP contribution in [0.2, 0.25) is 5.15 Å². The monoisotopic (exact) mass is 354 g/mol. The van der Waals surface area contributed by atoms with E-state index >= 15 is 0 Å². The van der Waals surface area contributed by atoms with Gasteiger partial charge in [-0.15, -0.1) is 0 Å². The van der Waals surface area contributed by atoms with Gasteiger partial charge in [0.15, 0.2) is 6.61 Å². The van der Waals surface area contributed by atoms with E-state index in [-0.39, 0.29) is 23.2 Å². The van der Waals surface area contributed by atoms with Gasteiger partial charge in [-0.1, -0.05) is 48.0 Å². The number of carbonyl (C=O) groups excluding carboxylic acids is 2. The molecule has 0 saturated heterocycles. The number of aromatic nitrogens is 1. The molecule has 0 spiro atoms. The molecule has 2 aromatic carbocycles. The van der Waals surface area contributed by atoms with Crippen molar-refractivity contribution in [2.75, 3.05) is 18.6 Å². The number of halogens is 1. The number of para-hydroxylation sites is 2. The average molecular weight is 355 g/mol. The zero-order valence-electron chi connectivity index (χ0n) is 13.5. The number of nitrogens with zero attached hydrogens (tertiary/aromatic N) is 2. The van der Waals surface area contributed by atoms with Crippen molar-refractivity contribution >= 4 is 40.1 Å². The molecule has 0 unspecified atom stereocenters. The lowest BCUT2D eigenvalue weighted by Crippen LogP contribution is -2.31. The van der Waals surface area contributed by atoms with Gasteiger partial charge in [0, 0.05) is 18.1 Å². The standard InChI is InChI=1S/C19H15ClN2O3/c1-22(13-7-3-2-4-8-13)18(23)12-25-19(24)15-11-17(20)21-16-10-6-5-9-14(15)16/h2-11H,12H2,1H3. The van der Waals surface area contributed by atoms with Crippen molar-refractivity contribution in [2.45, 2.75) is 0 Å². The van der Waals surface area contributed by atoms with Crippen LogP contribution in [0.4, 0.5) is 5.69 Å². The quantitative estimate of drug-likeness (QED) is 0.529. The Kier molecular flexibility index (Phi) is 4.95. The number of carbonyl (C=O) groups is 2. The molecule has 0 aliphatic heterocycles. The van der Waals surface area contributed by atoms with Gasteiger partial charge in [0.25, 0.3) is 5.91 Å². The Balaban J connectivity index is 1.74. The summed E-state index contributed by atoms with van der Waals surface area (Å²) in [6, 6.07) is 17.7. The zero-order chi connectivity index (χ0) is 17.8. The second-order valence-corrected chi connectivity index (χ2v) is 5.76. The van der Waals surface area contributed by atoms with Crippen LogP contribution < -0.4 is 4.90 Å². The molecule has 0 bridgehead atoms. The minimum absolute atomic E-state index is 0.193. The maximum atomic E-state index is 12.4. The average Bonchev–Trinajstić information content (AvgIpc) is 2.65. The van der Waals surface area contributed by atoms with E-state index in [4.69, 9.17) is 16.3 Å². The summed E-state index contributed by atoms with van der Waals surface area (Å²) in [5, 5.41) is 0.819. The highest BCUT2D eigenvalue weighted by molar-refractivity contribution is 6.30. The number of hydrogen-bond acceptors (Lipinski definition) is 4. The molecule has 6 heteroatoms. The molecule has 0 fully saturated rings. The first kappa shape index (κ1) is 16.9. The van der Waals surface area contributed by atoms with Gasteiger partial charge in [-0.05, 0) is 24.3 Å². The minimum Gasteiger partial charge on any atom is -0.452 e. The molecular weight excluding hydrogens is 340 g/mol. The first-order valence-electron chi connectivity index (χ1n) is 7.60. The van der Waals surface area contributed by atoms with E-state index in [0.717, 1.165) is 5.69 Å². The van der Waals surface area contributed by atoms with Gasteiger partial charge in [-0.3, -0.25) is 4.79 Å². The summed E-state index contributed by atoms with van der Waals surface area (Å²) < 4.78 is 5.18. The van der Waals surface area contributed by atoms with Crippen LogP contribution in [0.1, 0.15) is 10.4 Å². The van der Waals surface area contributed by atoms with Crippen LogP contribution in [0.25, 0.3) is 10.9 Å². The Morgan fingerprint density at radius 3 is 2.52 bits per heavy atom. The van der Waals surface area contributed by atoms with Crippen molar-refractivity contribution in [3.05, 3.63) is 71.4 Å². The molecule has 0 N–H and O–H groups in total. The van der Waals surface area contributed by atoms with Gasteiger partial charge < -0.3 is 9.64 Å². The molecular formula is C19H15ClN2O3. The Hall–Kier alpha value is -2.92. The predicted molar refractivity (Wildman–Crippen MR) is 96.9 cm³/mol. The lowest BCUT2D eigenvalue weighted by Gasteiger charge is -2.17. The van der Waals surface area contributed by atoms with E-state index < -0.39 is 5.97 Å². The first-order chi connectivity index (χ1) is 12.1. The second kappa shape index (κ2) is 7.32. The van der Waals surface area contributed by atoms with Crippen molar-refractivity contribution in [1.29, 1.82) is 0 Å². The summed E-state index contributed by atoms with van der Waals surface area (Å²) in [6.45, 7) is -0.363. The molecule has 0 saturated carbocycles. The van der Waals surface area contributed by atoms with E-state index in [0.29, 0.717) is 10.9 Å².